The lowest BCUT2D eigenvalue weighted by atomic mass is 10.1. The molecule has 3 heterocycles. The molecular formula is C19H19F3N4O2. The molecule has 1 aromatic carbocycles. The molecule has 0 aliphatic carbocycles. The average molecular weight is 392 g/mol. The molecule has 28 heavy (non-hydrogen) atoms. The first-order chi connectivity index (χ1) is 13.3. The monoisotopic (exact) mass is 392 g/mol. The number of ether oxygens (including phenoxy) is 1. The molecule has 0 amide bonds. The lowest BCUT2D eigenvalue weighted by Gasteiger charge is -2.27. The highest BCUT2D eigenvalue weighted by Crippen LogP contribution is 2.29. The molecule has 1 aliphatic rings. The number of hydrogen-bond acceptors (Lipinski definition) is 4. The third kappa shape index (κ3) is 3.26. The summed E-state index contributed by atoms with van der Waals surface area (Å²) in [4.78, 5) is 19.7. The topological polar surface area (TPSA) is 63.1 Å². The smallest absolute Gasteiger partial charge is 0.449 e. The van der Waals surface area contributed by atoms with Crippen LogP contribution in [0.15, 0.2) is 29.2 Å². The van der Waals surface area contributed by atoms with E-state index < -0.39 is 17.6 Å². The van der Waals surface area contributed by atoms with Crippen LogP contribution in [0.2, 0.25) is 0 Å². The van der Waals surface area contributed by atoms with Gasteiger partial charge >= 0.3 is 6.18 Å². The average Bonchev–Trinajstić information content (AvgIpc) is 2.96. The van der Waals surface area contributed by atoms with Gasteiger partial charge in [0.25, 0.3) is 5.56 Å². The van der Waals surface area contributed by atoms with Crippen LogP contribution in [0.3, 0.4) is 0 Å². The fourth-order valence-electron chi connectivity index (χ4n) is 3.70. The van der Waals surface area contributed by atoms with Crippen LogP contribution in [-0.2, 0) is 32.7 Å². The first-order valence-electron chi connectivity index (χ1n) is 8.80. The summed E-state index contributed by atoms with van der Waals surface area (Å²) in [6.45, 7) is 1.36. The SMILES string of the molecule is COc1ccc2c(c1)c(CN1CCc3nc(C(F)(F)F)[nH]c(=O)c3C1)cn2C. The summed E-state index contributed by atoms with van der Waals surface area (Å²) < 4.78 is 45.9. The van der Waals surface area contributed by atoms with E-state index >= 15 is 0 Å². The van der Waals surface area contributed by atoms with E-state index in [1.807, 2.05) is 45.9 Å². The quantitative estimate of drug-likeness (QED) is 0.745. The molecule has 1 N–H and O–H groups in total. The Hall–Kier alpha value is -2.81. The van der Waals surface area contributed by atoms with Crippen molar-refractivity contribution >= 4 is 10.9 Å². The summed E-state index contributed by atoms with van der Waals surface area (Å²) in [6.07, 6.45) is -2.33. The van der Waals surface area contributed by atoms with Crippen molar-refractivity contribution in [3.8, 4) is 5.75 Å². The van der Waals surface area contributed by atoms with Gasteiger partial charge in [-0.2, -0.15) is 13.2 Å². The number of methoxy groups -OCH3 is 1. The van der Waals surface area contributed by atoms with Crippen molar-refractivity contribution in [2.75, 3.05) is 13.7 Å². The van der Waals surface area contributed by atoms with E-state index in [1.54, 1.807) is 7.11 Å². The lowest BCUT2D eigenvalue weighted by molar-refractivity contribution is -0.145. The number of rotatable bonds is 3. The van der Waals surface area contributed by atoms with Gasteiger partial charge in [0.15, 0.2) is 0 Å². The standard InChI is InChI=1S/C19H19F3N4O2/c1-25-8-11(13-7-12(28-2)3-4-16(13)25)9-26-6-5-15-14(10-26)17(27)24-18(23-15)19(20,21)22/h3-4,7-8H,5-6,9-10H2,1-2H3,(H,23,24,27). The van der Waals surface area contributed by atoms with E-state index in [9.17, 15) is 18.0 Å². The molecule has 0 bridgehead atoms. The number of aryl methyl sites for hydroxylation is 1. The maximum atomic E-state index is 12.9. The first kappa shape index (κ1) is 18.5. The fourth-order valence-corrected chi connectivity index (χ4v) is 3.70. The second-order valence-corrected chi connectivity index (χ2v) is 6.95. The molecule has 0 fully saturated rings. The van der Waals surface area contributed by atoms with Crippen LogP contribution in [0, 0.1) is 0 Å². The molecule has 0 spiro atoms. The Balaban J connectivity index is 1.62. The highest BCUT2D eigenvalue weighted by atomic mass is 19.4. The van der Waals surface area contributed by atoms with Gasteiger partial charge in [-0.25, -0.2) is 4.98 Å². The number of halogens is 3. The zero-order valence-electron chi connectivity index (χ0n) is 15.4. The van der Waals surface area contributed by atoms with Crippen LogP contribution in [0.25, 0.3) is 10.9 Å². The predicted octanol–water partition coefficient (Wildman–Crippen LogP) is 2.85. The molecule has 148 valence electrons. The van der Waals surface area contributed by atoms with E-state index in [2.05, 4.69) is 4.98 Å². The van der Waals surface area contributed by atoms with Crippen LogP contribution in [0.4, 0.5) is 13.2 Å². The summed E-state index contributed by atoms with van der Waals surface area (Å²) in [6, 6.07) is 5.84. The zero-order valence-corrected chi connectivity index (χ0v) is 15.4. The van der Waals surface area contributed by atoms with Crippen molar-refractivity contribution in [3.05, 3.63) is 57.4 Å². The van der Waals surface area contributed by atoms with Gasteiger partial charge in [-0.1, -0.05) is 0 Å². The number of aromatic nitrogens is 3. The van der Waals surface area contributed by atoms with Gasteiger partial charge < -0.3 is 14.3 Å². The third-order valence-electron chi connectivity index (χ3n) is 5.09. The Kier molecular flexibility index (Phi) is 4.41. The third-order valence-corrected chi connectivity index (χ3v) is 5.09. The van der Waals surface area contributed by atoms with Crippen LogP contribution < -0.4 is 10.3 Å². The summed E-state index contributed by atoms with van der Waals surface area (Å²) >= 11 is 0. The Morgan fingerprint density at radius 2 is 2.11 bits per heavy atom. The van der Waals surface area contributed by atoms with Gasteiger partial charge in [-0.3, -0.25) is 9.69 Å². The highest BCUT2D eigenvalue weighted by molar-refractivity contribution is 5.85. The van der Waals surface area contributed by atoms with Crippen LogP contribution in [-0.4, -0.2) is 33.1 Å². The lowest BCUT2D eigenvalue weighted by Crippen LogP contribution is -2.36. The Labute approximate surface area is 158 Å². The van der Waals surface area contributed by atoms with E-state index in [0.29, 0.717) is 25.1 Å². The van der Waals surface area contributed by atoms with E-state index in [1.165, 1.54) is 0 Å². The predicted molar refractivity (Wildman–Crippen MR) is 97.1 cm³/mol. The van der Waals surface area contributed by atoms with Crippen LogP contribution in [0.1, 0.15) is 22.6 Å². The molecule has 2 aromatic heterocycles. The number of fused-ring (bicyclic) bond motifs is 2. The van der Waals surface area contributed by atoms with E-state index in [-0.39, 0.29) is 12.2 Å². The molecule has 0 unspecified atom stereocenters. The van der Waals surface area contributed by atoms with Crippen molar-refractivity contribution in [2.24, 2.45) is 7.05 Å². The second kappa shape index (κ2) is 6.66. The van der Waals surface area contributed by atoms with Gasteiger partial charge in [0.1, 0.15) is 5.75 Å². The fraction of sp³-hybridized carbons (Fsp3) is 0.368. The Morgan fingerprint density at radius 3 is 2.82 bits per heavy atom. The molecule has 6 nitrogen and oxygen atoms in total. The number of nitrogens with zero attached hydrogens (tertiary/aromatic N) is 3. The number of alkyl halides is 3. The second-order valence-electron chi connectivity index (χ2n) is 6.95. The van der Waals surface area contributed by atoms with Gasteiger partial charge in [-0.05, 0) is 23.8 Å². The molecule has 0 radical (unpaired) electrons. The Bertz CT molecular complexity index is 1100. The number of H-pyrrole nitrogens is 1. The van der Waals surface area contributed by atoms with Crippen molar-refractivity contribution in [1.29, 1.82) is 0 Å². The number of hydrogen-bond donors (Lipinski definition) is 1. The van der Waals surface area contributed by atoms with Gasteiger partial charge in [0.2, 0.25) is 5.82 Å². The van der Waals surface area contributed by atoms with Crippen molar-refractivity contribution in [1.82, 2.24) is 19.4 Å². The summed E-state index contributed by atoms with van der Waals surface area (Å²) in [5.74, 6) is -0.477. The molecule has 0 atom stereocenters. The minimum absolute atomic E-state index is 0.229. The number of aromatic amines is 1. The minimum atomic E-state index is -4.66. The van der Waals surface area contributed by atoms with Crippen LogP contribution >= 0.6 is 0 Å². The molecule has 1 aliphatic heterocycles. The van der Waals surface area contributed by atoms with Crippen molar-refractivity contribution in [3.63, 3.8) is 0 Å². The zero-order chi connectivity index (χ0) is 20.1. The van der Waals surface area contributed by atoms with Gasteiger partial charge in [0, 0.05) is 50.2 Å². The Morgan fingerprint density at radius 1 is 1.32 bits per heavy atom. The number of benzene rings is 1. The summed E-state index contributed by atoms with van der Waals surface area (Å²) in [7, 11) is 3.57. The van der Waals surface area contributed by atoms with Crippen molar-refractivity contribution < 1.29 is 17.9 Å². The van der Waals surface area contributed by atoms with E-state index in [0.717, 1.165) is 22.2 Å². The number of nitrogens with one attached hydrogen (secondary N) is 1. The molecule has 0 saturated carbocycles. The maximum absolute atomic E-state index is 12.9. The normalized spacial score (nSPS) is 15.0. The molecule has 3 aromatic rings. The summed E-state index contributed by atoms with van der Waals surface area (Å²) in [5.41, 5.74) is 1.93. The maximum Gasteiger partial charge on any atom is 0.449 e. The molecule has 4 rings (SSSR count). The molecular weight excluding hydrogens is 373 g/mol. The largest absolute Gasteiger partial charge is 0.497 e. The van der Waals surface area contributed by atoms with Crippen LogP contribution in [0.5, 0.6) is 5.75 Å². The van der Waals surface area contributed by atoms with Gasteiger partial charge in [0.05, 0.1) is 18.4 Å². The first-order valence-corrected chi connectivity index (χ1v) is 8.80. The van der Waals surface area contributed by atoms with Crippen molar-refractivity contribution in [2.45, 2.75) is 25.7 Å². The highest BCUT2D eigenvalue weighted by Gasteiger charge is 2.36. The minimum Gasteiger partial charge on any atom is -0.497 e. The van der Waals surface area contributed by atoms with Gasteiger partial charge in [-0.15, -0.1) is 0 Å². The summed E-state index contributed by atoms with van der Waals surface area (Å²) in [5, 5.41) is 1.05. The molecule has 0 saturated heterocycles. The molecule has 9 heteroatoms. The van der Waals surface area contributed by atoms with E-state index in [4.69, 9.17) is 4.74 Å².